The van der Waals surface area contributed by atoms with Crippen LogP contribution in [-0.4, -0.2) is 73.8 Å². The first kappa shape index (κ1) is 59.8. The number of ether oxygens (including phenoxy) is 3. The molecular weight excluding hydrogens is 1130 g/mol. The fourth-order valence-electron chi connectivity index (χ4n) is 15.8. The summed E-state index contributed by atoms with van der Waals surface area (Å²) in [6, 6.07) is 27.6. The molecule has 6 N–H and O–H groups in total. The van der Waals surface area contributed by atoms with Gasteiger partial charge in [0.2, 0.25) is 5.75 Å². The van der Waals surface area contributed by atoms with E-state index >= 15 is 4.79 Å². The molecule has 14 nitrogen and oxygen atoms in total. The second-order valence-corrected chi connectivity index (χ2v) is 25.8. The average molecular weight is 1210 g/mol. The SMILES string of the molecule is COc1cc(C2CC(=O)CC(OC(C)=O)CCC34Cc5c[nH]cc5C(C#CCC3=CC=CC4C)C(c3cccc(O)c3)C3=CCNC(=C3)N(CCC(C)=O)c3ccc4c5c(n2cc35)CCC4O)cc(O)c1Oc1cc(O)cc(C2c3ccccc3CCC2C)c1. The smallest absolute Gasteiger partial charge is 0.302 e. The number of aryl methyl sites for hydroxylation is 2. The number of aromatic hydroxyl groups is 3. The Balaban J connectivity index is 0.985. The number of hydrogen-bond acceptors (Lipinski definition) is 12. The van der Waals surface area contributed by atoms with Crippen molar-refractivity contribution in [3.05, 3.63) is 207 Å². The predicted molar refractivity (Wildman–Crippen MR) is 347 cm³/mol. The van der Waals surface area contributed by atoms with Crippen LogP contribution >= 0.6 is 0 Å². The maximum absolute atomic E-state index is 15.5. The predicted octanol–water partition coefficient (Wildman–Crippen LogP) is 14.0. The fraction of sp³-hybridized carbons (Fsp3) is 0.355. The molecule has 0 saturated heterocycles. The highest BCUT2D eigenvalue weighted by Crippen LogP contribution is 2.53. The Morgan fingerprint density at radius 2 is 1.68 bits per heavy atom. The summed E-state index contributed by atoms with van der Waals surface area (Å²) in [5.74, 6) is 7.55. The minimum absolute atomic E-state index is 0.000192. The third-order valence-corrected chi connectivity index (χ3v) is 20.1. The number of nitrogens with one attached hydrogen (secondary N) is 2. The highest BCUT2D eigenvalue weighted by atomic mass is 16.5. The molecule has 14 heteroatoms. The second kappa shape index (κ2) is 24.6. The minimum Gasteiger partial charge on any atom is -0.508 e. The van der Waals surface area contributed by atoms with Crippen molar-refractivity contribution in [1.82, 2.24) is 14.9 Å². The van der Waals surface area contributed by atoms with E-state index in [2.05, 4.69) is 106 Å². The lowest BCUT2D eigenvalue weighted by Gasteiger charge is -2.43. The van der Waals surface area contributed by atoms with Gasteiger partial charge in [0.05, 0.1) is 30.9 Å². The summed E-state index contributed by atoms with van der Waals surface area (Å²) in [4.78, 5) is 47.6. The molecule has 0 fully saturated rings. The first-order chi connectivity index (χ1) is 43.5. The van der Waals surface area contributed by atoms with Gasteiger partial charge < -0.3 is 54.4 Å². The van der Waals surface area contributed by atoms with Crippen LogP contribution in [0.3, 0.4) is 0 Å². The first-order valence-corrected chi connectivity index (χ1v) is 31.8. The third-order valence-electron chi connectivity index (χ3n) is 20.1. The van der Waals surface area contributed by atoms with Gasteiger partial charge in [0.25, 0.3) is 0 Å². The van der Waals surface area contributed by atoms with Crippen LogP contribution < -0.4 is 19.7 Å². The lowest BCUT2D eigenvalue weighted by atomic mass is 9.61. The number of aliphatic hydroxyl groups is 1. The van der Waals surface area contributed by atoms with Crippen molar-refractivity contribution in [3.63, 3.8) is 0 Å². The number of ketones is 2. The van der Waals surface area contributed by atoms with Gasteiger partial charge in [-0.2, -0.15) is 0 Å². The summed E-state index contributed by atoms with van der Waals surface area (Å²) in [5, 5.41) is 52.2. The molecular formula is C76H78N4O10. The number of phenols is 3. The third kappa shape index (κ3) is 11.4. The number of Topliss-reactive ketones (excluding diaryl/α,β-unsaturated/α-hetero) is 2. The molecule has 4 aliphatic carbocycles. The van der Waals surface area contributed by atoms with Crippen molar-refractivity contribution in [3.8, 4) is 46.3 Å². The van der Waals surface area contributed by atoms with Gasteiger partial charge >= 0.3 is 5.97 Å². The Morgan fingerprint density at radius 3 is 2.50 bits per heavy atom. The molecule has 4 heterocycles. The summed E-state index contributed by atoms with van der Waals surface area (Å²) in [6.07, 6.45) is 20.3. The number of allylic oxidation sites excluding steroid dienone is 6. The zero-order chi connectivity index (χ0) is 62.5. The van der Waals surface area contributed by atoms with Crippen molar-refractivity contribution >= 4 is 34.0 Å². The van der Waals surface area contributed by atoms with E-state index in [1.165, 1.54) is 31.2 Å². The van der Waals surface area contributed by atoms with Gasteiger partial charge in [0.15, 0.2) is 11.5 Å². The maximum atomic E-state index is 15.5. The van der Waals surface area contributed by atoms with E-state index in [9.17, 15) is 30.0 Å². The van der Waals surface area contributed by atoms with Crippen LogP contribution in [0.25, 0.3) is 10.8 Å². The highest BCUT2D eigenvalue weighted by molar-refractivity contribution is 6.00. The number of hydrogen-bond donors (Lipinski definition) is 6. The van der Waals surface area contributed by atoms with Crippen LogP contribution in [0.1, 0.15) is 159 Å². The number of carbonyl (C=O) groups excluding carboxylic acids is 3. The molecule has 462 valence electrons. The lowest BCUT2D eigenvalue weighted by molar-refractivity contribution is -0.148. The van der Waals surface area contributed by atoms with E-state index in [1.54, 1.807) is 31.2 Å². The van der Waals surface area contributed by atoms with Gasteiger partial charge in [0.1, 0.15) is 40.7 Å². The number of esters is 1. The molecule has 13 rings (SSSR count). The second-order valence-electron chi connectivity index (χ2n) is 25.8. The number of carbonyl (C=O) groups is 3. The van der Waals surface area contributed by atoms with Crippen LogP contribution in [0.15, 0.2) is 157 Å². The van der Waals surface area contributed by atoms with E-state index in [-0.39, 0.29) is 89.2 Å². The summed E-state index contributed by atoms with van der Waals surface area (Å²) in [5.41, 5.74) is 10.9. The molecule has 0 radical (unpaired) electrons. The van der Waals surface area contributed by atoms with Crippen molar-refractivity contribution < 1.29 is 49.0 Å². The monoisotopic (exact) mass is 1210 g/mol. The van der Waals surface area contributed by atoms with Crippen LogP contribution in [0.5, 0.6) is 34.5 Å². The Hall–Kier alpha value is -9.19. The molecule has 0 amide bonds. The van der Waals surface area contributed by atoms with Crippen LogP contribution in [-0.2, 0) is 38.4 Å². The van der Waals surface area contributed by atoms with Crippen LogP contribution in [0, 0.1) is 29.1 Å². The molecule has 1 spiro atoms. The molecule has 9 atom stereocenters. The van der Waals surface area contributed by atoms with Crippen molar-refractivity contribution in [2.45, 2.75) is 134 Å². The normalized spacial score (nSPS) is 24.7. The maximum Gasteiger partial charge on any atom is 0.302 e. The topological polar surface area (TPSA) is 196 Å². The van der Waals surface area contributed by atoms with Crippen LogP contribution in [0.4, 0.5) is 5.69 Å². The summed E-state index contributed by atoms with van der Waals surface area (Å²) in [6.45, 7) is 8.17. The minimum atomic E-state index is -0.794. The number of H-pyrrole nitrogens is 1. The Morgan fingerprint density at radius 1 is 0.833 bits per heavy atom. The molecule has 9 unspecified atom stereocenters. The van der Waals surface area contributed by atoms with Gasteiger partial charge in [-0.1, -0.05) is 98.0 Å². The Kier molecular flexibility index (Phi) is 16.4. The van der Waals surface area contributed by atoms with E-state index in [4.69, 9.17) is 14.2 Å². The average Bonchev–Trinajstić information content (AvgIpc) is 1.58. The number of methoxy groups -OCH3 is 1. The van der Waals surface area contributed by atoms with Gasteiger partial charge in [-0.15, -0.1) is 0 Å². The Labute approximate surface area is 525 Å². The molecule has 0 saturated carbocycles. The van der Waals surface area contributed by atoms with Gasteiger partial charge in [0, 0.05) is 104 Å². The molecule has 2 aromatic heterocycles. The lowest BCUT2D eigenvalue weighted by Crippen LogP contribution is -2.36. The number of aliphatic hydroxyl groups excluding tert-OH is 1. The van der Waals surface area contributed by atoms with E-state index < -0.39 is 29.6 Å². The fourth-order valence-corrected chi connectivity index (χ4v) is 15.8. The number of fused-ring (bicyclic) bond motifs is 4. The number of anilines is 1. The molecule has 7 aromatic rings. The van der Waals surface area contributed by atoms with Gasteiger partial charge in [-0.25, -0.2) is 0 Å². The number of aromatic nitrogens is 2. The van der Waals surface area contributed by atoms with Gasteiger partial charge in [-0.3, -0.25) is 14.4 Å². The summed E-state index contributed by atoms with van der Waals surface area (Å²) >= 11 is 0. The van der Waals surface area contributed by atoms with E-state index in [0.29, 0.717) is 62.9 Å². The van der Waals surface area contributed by atoms with E-state index in [0.717, 1.165) is 79.8 Å². The highest BCUT2D eigenvalue weighted by Gasteiger charge is 2.43. The largest absolute Gasteiger partial charge is 0.508 e. The zero-order valence-corrected chi connectivity index (χ0v) is 51.7. The molecule has 90 heavy (non-hydrogen) atoms. The zero-order valence-electron chi connectivity index (χ0n) is 51.7. The van der Waals surface area contributed by atoms with Gasteiger partial charge in [-0.05, 0) is 162 Å². The number of rotatable bonds is 10. The number of phenolic OH excluding ortho intramolecular Hbond substituents is 3. The van der Waals surface area contributed by atoms with Crippen molar-refractivity contribution in [1.29, 1.82) is 0 Å². The molecule has 2 aliphatic heterocycles. The van der Waals surface area contributed by atoms with Crippen molar-refractivity contribution in [2.24, 2.45) is 17.3 Å². The summed E-state index contributed by atoms with van der Waals surface area (Å²) < 4.78 is 21.0. The van der Waals surface area contributed by atoms with E-state index in [1.807, 2.05) is 48.7 Å². The van der Waals surface area contributed by atoms with Crippen LogP contribution in [0.2, 0.25) is 0 Å². The molecule has 5 aromatic carbocycles. The quantitative estimate of drug-likeness (QED) is 0.0561. The standard InChI is InChI=1S/C76H78N4O10/c1-44-19-20-48-12-6-7-17-60(48)72(44)52-32-56(84)38-59(33-52)90-75-69(87)34-51(35-70(75)88-5)67-39-57(85)37-58(89-47(4)82)25-28-76-40-53-41-77-42-63(53)61(18-10-15-54(76)14-8-11-45(76)2)73(49-13-9-16-55(83)31-49)50-26-29-78-71(36-50)79(30-27-46(3)81)65-22-21-62-68(86)24-23-66-74(62)64(65)43-80(66)67/h6-9,11-14,16-17,21-22,26,31-36,38,41-45,58,61,67-68,72-73,77-78,83-84,86-87H,15,19-20,23-25,27-30,37,39-40H2,1-5H3. The Bertz CT molecular complexity index is 4190. The number of nitrogens with zero attached hydrogens (tertiary/aromatic N) is 2. The molecule has 6 bridgehead atoms. The number of benzene rings is 5. The first-order valence-electron chi connectivity index (χ1n) is 31.8. The summed E-state index contributed by atoms with van der Waals surface area (Å²) in [7, 11) is 1.50. The van der Waals surface area contributed by atoms with Crippen molar-refractivity contribution in [2.75, 3.05) is 25.1 Å². The molecule has 6 aliphatic rings. The number of aromatic amines is 1. The number of dihydropyridines is 1.